The van der Waals surface area contributed by atoms with E-state index in [2.05, 4.69) is 5.32 Å². The average molecular weight is 428 g/mol. The SMILES string of the molecule is CCOC(=O)c1c(NC(=O)c2cc(Cl)cc(Cl)c2OC)sc2c1CCCC2. The summed E-state index contributed by atoms with van der Waals surface area (Å²) in [6.45, 7) is 2.03. The van der Waals surface area contributed by atoms with Crippen molar-refractivity contribution in [2.24, 2.45) is 0 Å². The minimum absolute atomic E-state index is 0.205. The molecule has 0 spiro atoms. The summed E-state index contributed by atoms with van der Waals surface area (Å²) in [5.41, 5.74) is 1.64. The number of ether oxygens (including phenoxy) is 2. The van der Waals surface area contributed by atoms with E-state index in [1.54, 1.807) is 6.92 Å². The number of esters is 1. The molecule has 0 saturated heterocycles. The summed E-state index contributed by atoms with van der Waals surface area (Å²) in [5, 5.41) is 3.89. The van der Waals surface area contributed by atoms with Gasteiger partial charge in [-0.2, -0.15) is 0 Å². The van der Waals surface area contributed by atoms with Crippen LogP contribution in [0.15, 0.2) is 12.1 Å². The van der Waals surface area contributed by atoms with Gasteiger partial charge in [0.05, 0.1) is 29.9 Å². The van der Waals surface area contributed by atoms with Crippen LogP contribution in [0.4, 0.5) is 5.00 Å². The van der Waals surface area contributed by atoms with E-state index in [-0.39, 0.29) is 22.9 Å². The van der Waals surface area contributed by atoms with Crippen molar-refractivity contribution in [3.63, 3.8) is 0 Å². The van der Waals surface area contributed by atoms with Crippen molar-refractivity contribution >= 4 is 51.4 Å². The molecule has 0 bridgehead atoms. The molecule has 5 nitrogen and oxygen atoms in total. The highest BCUT2D eigenvalue weighted by atomic mass is 35.5. The fraction of sp³-hybridized carbons (Fsp3) is 0.368. The van der Waals surface area contributed by atoms with E-state index in [1.165, 1.54) is 30.6 Å². The number of carbonyl (C=O) groups excluding carboxylic acids is 2. The van der Waals surface area contributed by atoms with Gasteiger partial charge < -0.3 is 14.8 Å². The summed E-state index contributed by atoms with van der Waals surface area (Å²) in [7, 11) is 1.43. The first-order valence-electron chi connectivity index (χ1n) is 8.62. The smallest absolute Gasteiger partial charge is 0.341 e. The van der Waals surface area contributed by atoms with Gasteiger partial charge in [0.25, 0.3) is 5.91 Å². The summed E-state index contributed by atoms with van der Waals surface area (Å²) < 4.78 is 10.5. The van der Waals surface area contributed by atoms with Crippen LogP contribution in [0, 0.1) is 0 Å². The normalized spacial score (nSPS) is 13.0. The zero-order chi connectivity index (χ0) is 19.6. The molecular formula is C19H19Cl2NO4S. The lowest BCUT2D eigenvalue weighted by atomic mass is 9.95. The van der Waals surface area contributed by atoms with E-state index >= 15 is 0 Å². The molecule has 0 radical (unpaired) electrons. The molecule has 8 heteroatoms. The van der Waals surface area contributed by atoms with Crippen molar-refractivity contribution in [3.05, 3.63) is 43.7 Å². The number of halogens is 2. The predicted octanol–water partition coefficient (Wildman–Crippen LogP) is 5.37. The second-order valence-corrected chi connectivity index (χ2v) is 8.01. The van der Waals surface area contributed by atoms with Crippen LogP contribution in [0.5, 0.6) is 5.75 Å². The number of benzene rings is 1. The first-order valence-corrected chi connectivity index (χ1v) is 10.2. The van der Waals surface area contributed by atoms with Crippen LogP contribution < -0.4 is 10.1 Å². The van der Waals surface area contributed by atoms with Gasteiger partial charge >= 0.3 is 5.97 Å². The second kappa shape index (κ2) is 8.50. The summed E-state index contributed by atoms with van der Waals surface area (Å²) in [5.74, 6) is -0.624. The lowest BCUT2D eigenvalue weighted by Crippen LogP contribution is -2.16. The third-order valence-electron chi connectivity index (χ3n) is 4.34. The first kappa shape index (κ1) is 20.0. The maximum absolute atomic E-state index is 12.9. The number of hydrogen-bond acceptors (Lipinski definition) is 5. The molecule has 27 heavy (non-hydrogen) atoms. The maximum atomic E-state index is 12.9. The lowest BCUT2D eigenvalue weighted by molar-refractivity contribution is 0.0526. The van der Waals surface area contributed by atoms with E-state index in [1.807, 2.05) is 0 Å². The standard InChI is InChI=1S/C19H19Cl2NO4S/c1-3-26-19(24)15-11-6-4-5-7-14(11)27-18(15)22-17(23)12-8-10(20)9-13(21)16(12)25-2/h8-9H,3-7H2,1-2H3,(H,22,23). The van der Waals surface area contributed by atoms with Crippen LogP contribution in [0.2, 0.25) is 10.0 Å². The predicted molar refractivity (Wildman–Crippen MR) is 108 cm³/mol. The van der Waals surface area contributed by atoms with Crippen LogP contribution in [-0.4, -0.2) is 25.6 Å². The fourth-order valence-electron chi connectivity index (χ4n) is 3.18. The summed E-state index contributed by atoms with van der Waals surface area (Å²) >= 11 is 13.6. The molecule has 0 saturated carbocycles. The lowest BCUT2D eigenvalue weighted by Gasteiger charge is -2.13. The van der Waals surface area contributed by atoms with Gasteiger partial charge in [-0.15, -0.1) is 11.3 Å². The Morgan fingerprint density at radius 3 is 2.67 bits per heavy atom. The Kier molecular flexibility index (Phi) is 6.29. The van der Waals surface area contributed by atoms with Crippen molar-refractivity contribution in [2.45, 2.75) is 32.6 Å². The molecule has 1 amide bonds. The van der Waals surface area contributed by atoms with Crippen LogP contribution in [-0.2, 0) is 17.6 Å². The van der Waals surface area contributed by atoms with E-state index in [0.717, 1.165) is 36.1 Å². The monoisotopic (exact) mass is 427 g/mol. The minimum atomic E-state index is -0.444. The van der Waals surface area contributed by atoms with E-state index in [0.29, 0.717) is 15.6 Å². The highest BCUT2D eigenvalue weighted by Crippen LogP contribution is 2.39. The molecular weight excluding hydrogens is 409 g/mol. The number of aryl methyl sites for hydroxylation is 1. The number of hydrogen-bond donors (Lipinski definition) is 1. The number of nitrogens with one attached hydrogen (secondary N) is 1. The minimum Gasteiger partial charge on any atom is -0.494 e. The number of carbonyl (C=O) groups is 2. The highest BCUT2D eigenvalue weighted by Gasteiger charge is 2.28. The Bertz CT molecular complexity index is 894. The largest absolute Gasteiger partial charge is 0.494 e. The molecule has 144 valence electrons. The highest BCUT2D eigenvalue weighted by molar-refractivity contribution is 7.17. The Morgan fingerprint density at radius 1 is 1.22 bits per heavy atom. The van der Waals surface area contributed by atoms with Gasteiger partial charge in [0.1, 0.15) is 10.8 Å². The van der Waals surface area contributed by atoms with Crippen LogP contribution in [0.1, 0.15) is 50.9 Å². The zero-order valence-corrected chi connectivity index (χ0v) is 17.3. The zero-order valence-electron chi connectivity index (χ0n) is 15.0. The number of rotatable bonds is 5. The van der Waals surface area contributed by atoms with Crippen molar-refractivity contribution in [2.75, 3.05) is 19.0 Å². The van der Waals surface area contributed by atoms with Gasteiger partial charge in [-0.05, 0) is 50.3 Å². The number of amides is 1. The topological polar surface area (TPSA) is 64.6 Å². The number of methoxy groups -OCH3 is 1. The van der Waals surface area contributed by atoms with Gasteiger partial charge in [0, 0.05) is 9.90 Å². The molecule has 1 N–H and O–H groups in total. The summed E-state index contributed by atoms with van der Waals surface area (Å²) in [4.78, 5) is 26.5. The molecule has 1 aromatic heterocycles. The van der Waals surface area contributed by atoms with Crippen molar-refractivity contribution in [3.8, 4) is 5.75 Å². The molecule has 1 aliphatic carbocycles. The number of fused-ring (bicyclic) bond motifs is 1. The first-order chi connectivity index (χ1) is 13.0. The van der Waals surface area contributed by atoms with Gasteiger partial charge in [-0.1, -0.05) is 23.2 Å². The Hall–Kier alpha value is -1.76. The Balaban J connectivity index is 2.00. The fourth-order valence-corrected chi connectivity index (χ4v) is 5.02. The van der Waals surface area contributed by atoms with Crippen LogP contribution in [0.3, 0.4) is 0 Å². The van der Waals surface area contributed by atoms with Gasteiger partial charge in [0.2, 0.25) is 0 Å². The molecule has 2 aromatic rings. The van der Waals surface area contributed by atoms with Crippen molar-refractivity contribution in [1.29, 1.82) is 0 Å². The molecule has 0 atom stereocenters. The molecule has 1 aromatic carbocycles. The third-order valence-corrected chi connectivity index (χ3v) is 6.04. The maximum Gasteiger partial charge on any atom is 0.341 e. The molecule has 0 unspecified atom stereocenters. The quantitative estimate of drug-likeness (QED) is 0.651. The average Bonchev–Trinajstić information content (AvgIpc) is 2.99. The third kappa shape index (κ3) is 4.08. The molecule has 0 fully saturated rings. The molecule has 1 heterocycles. The van der Waals surface area contributed by atoms with E-state index in [4.69, 9.17) is 32.7 Å². The summed E-state index contributed by atoms with van der Waals surface area (Å²) in [6.07, 6.45) is 3.79. The van der Waals surface area contributed by atoms with E-state index in [9.17, 15) is 9.59 Å². The van der Waals surface area contributed by atoms with Crippen LogP contribution in [0.25, 0.3) is 0 Å². The molecule has 0 aliphatic heterocycles. The molecule has 3 rings (SSSR count). The van der Waals surface area contributed by atoms with Crippen LogP contribution >= 0.6 is 34.5 Å². The van der Waals surface area contributed by atoms with Gasteiger partial charge in [-0.25, -0.2) is 4.79 Å². The number of anilines is 1. The van der Waals surface area contributed by atoms with E-state index < -0.39 is 11.9 Å². The Labute approximate surface area is 171 Å². The van der Waals surface area contributed by atoms with Gasteiger partial charge in [0.15, 0.2) is 0 Å². The van der Waals surface area contributed by atoms with Gasteiger partial charge in [-0.3, -0.25) is 4.79 Å². The van der Waals surface area contributed by atoms with Crippen molar-refractivity contribution in [1.82, 2.24) is 0 Å². The Morgan fingerprint density at radius 2 is 1.96 bits per heavy atom. The van der Waals surface area contributed by atoms with Crippen molar-refractivity contribution < 1.29 is 19.1 Å². The summed E-state index contributed by atoms with van der Waals surface area (Å²) in [6, 6.07) is 2.99. The number of thiophene rings is 1. The molecule has 1 aliphatic rings. The second-order valence-electron chi connectivity index (χ2n) is 6.06.